The maximum atomic E-state index is 18.0. The average Bonchev–Trinajstić information content (AvgIpc) is 3.86. The summed E-state index contributed by atoms with van der Waals surface area (Å²) in [5.74, 6) is 2.64. The van der Waals surface area contributed by atoms with Crippen molar-refractivity contribution in [2.45, 2.75) is 128 Å². The molecule has 67 heavy (non-hydrogen) atoms. The number of nitrogens with zero attached hydrogens (tertiary/aromatic N) is 6. The lowest BCUT2D eigenvalue weighted by Gasteiger charge is -2.42. The van der Waals surface area contributed by atoms with E-state index in [2.05, 4.69) is 59.6 Å². The molecular formula is C51H62F4N6O5Si. The van der Waals surface area contributed by atoms with Gasteiger partial charge in [-0.05, 0) is 86.7 Å². The molecule has 0 N–H and O–H groups in total. The highest BCUT2D eigenvalue weighted by molar-refractivity contribution is 6.90. The quantitative estimate of drug-likeness (QED) is 0.0475. The number of benzene rings is 2. The van der Waals surface area contributed by atoms with Crippen molar-refractivity contribution in [1.29, 1.82) is 0 Å². The summed E-state index contributed by atoms with van der Waals surface area (Å²) >= 11 is 0. The summed E-state index contributed by atoms with van der Waals surface area (Å²) in [7, 11) is -0.868. The lowest BCUT2D eigenvalue weighted by Crippen LogP contribution is -2.57. The van der Waals surface area contributed by atoms with Gasteiger partial charge in [0.25, 0.3) is 6.08 Å². The molecule has 4 aromatic rings. The van der Waals surface area contributed by atoms with Crippen LogP contribution in [0.5, 0.6) is 11.8 Å². The minimum atomic E-state index is -2.36. The first-order valence-electron chi connectivity index (χ1n) is 23.3. The molecule has 16 heteroatoms. The number of halogens is 4. The van der Waals surface area contributed by atoms with Crippen LogP contribution in [0.25, 0.3) is 32.9 Å². The number of methoxy groups -OCH3 is 1. The molecule has 8 rings (SSSR count). The maximum Gasteiger partial charge on any atom is 0.410 e. The van der Waals surface area contributed by atoms with Gasteiger partial charge < -0.3 is 23.8 Å². The molecule has 4 aliphatic heterocycles. The first kappa shape index (κ1) is 48.2. The molecule has 6 heterocycles. The van der Waals surface area contributed by atoms with Gasteiger partial charge in [-0.25, -0.2) is 13.6 Å². The standard InChI is InChI=1S/C51H62F4N6O5Si/c1-29(2)67(30(3)4,31(5)6)17-16-38-41(52)15-12-33-18-37(65-28-63-11)19-39(42(33)38)44-43(53)45-40(22-56-44)47(59-25-35-13-14-36(26-59)61(35)49(62)66-50(8,9)10)58-48(57-45)64-27-51-20-32(7)23-60(51)24-34(21-51)46(54)55/h12,15,18-19,22,29-31,35-36H,7,13-14,20-21,23-28H2,1-6,8-11H3. The summed E-state index contributed by atoms with van der Waals surface area (Å²) in [5.41, 5.74) is 4.09. The lowest BCUT2D eigenvalue weighted by molar-refractivity contribution is 0.0122. The smallest absolute Gasteiger partial charge is 0.410 e. The van der Waals surface area contributed by atoms with E-state index in [0.29, 0.717) is 53.8 Å². The van der Waals surface area contributed by atoms with E-state index >= 15 is 8.78 Å². The predicted octanol–water partition coefficient (Wildman–Crippen LogP) is 11.2. The van der Waals surface area contributed by atoms with Crippen LogP contribution in [0.1, 0.15) is 93.6 Å². The fraction of sp³-hybridized carbons (Fsp3) is 0.529. The second-order valence-electron chi connectivity index (χ2n) is 20.7. The number of aromatic nitrogens is 3. The molecule has 3 unspecified atom stereocenters. The zero-order chi connectivity index (χ0) is 48.3. The summed E-state index contributed by atoms with van der Waals surface area (Å²) in [6.45, 7) is 23.9. The van der Waals surface area contributed by atoms with Crippen molar-refractivity contribution in [2.75, 3.05) is 51.6 Å². The second-order valence-corrected chi connectivity index (χ2v) is 26.3. The van der Waals surface area contributed by atoms with Crippen molar-refractivity contribution in [3.05, 3.63) is 71.5 Å². The Bertz CT molecular complexity index is 2670. The number of hydrogen-bond acceptors (Lipinski definition) is 10. The van der Waals surface area contributed by atoms with E-state index < -0.39 is 36.9 Å². The molecular weight excluding hydrogens is 881 g/mol. The van der Waals surface area contributed by atoms with Crippen LogP contribution in [-0.4, -0.2) is 109 Å². The van der Waals surface area contributed by atoms with Crippen LogP contribution in [0.15, 0.2) is 54.3 Å². The number of anilines is 1. The summed E-state index contributed by atoms with van der Waals surface area (Å²) in [6, 6.07) is 5.77. The van der Waals surface area contributed by atoms with E-state index in [1.807, 2.05) is 30.6 Å². The van der Waals surface area contributed by atoms with Gasteiger partial charge in [0.2, 0.25) is 0 Å². The van der Waals surface area contributed by atoms with Crippen molar-refractivity contribution >= 4 is 41.7 Å². The molecule has 0 aliphatic carbocycles. The number of fused-ring (bicyclic) bond motifs is 5. The van der Waals surface area contributed by atoms with Crippen LogP contribution in [0, 0.1) is 23.1 Å². The Balaban J connectivity index is 1.30. The monoisotopic (exact) mass is 942 g/mol. The molecule has 11 nitrogen and oxygen atoms in total. The van der Waals surface area contributed by atoms with Crippen molar-refractivity contribution in [1.82, 2.24) is 24.8 Å². The van der Waals surface area contributed by atoms with E-state index in [1.165, 1.54) is 19.4 Å². The third kappa shape index (κ3) is 8.99. The van der Waals surface area contributed by atoms with E-state index in [4.69, 9.17) is 33.9 Å². The van der Waals surface area contributed by atoms with Gasteiger partial charge in [0.15, 0.2) is 12.6 Å². The normalized spacial score (nSPS) is 21.0. The van der Waals surface area contributed by atoms with Crippen molar-refractivity contribution in [3.8, 4) is 34.5 Å². The van der Waals surface area contributed by atoms with Crippen LogP contribution < -0.4 is 14.4 Å². The van der Waals surface area contributed by atoms with Crippen LogP contribution in [0.2, 0.25) is 16.6 Å². The fourth-order valence-corrected chi connectivity index (χ4v) is 16.6. The molecule has 0 spiro atoms. The van der Waals surface area contributed by atoms with E-state index in [1.54, 1.807) is 23.1 Å². The molecule has 4 fully saturated rings. The van der Waals surface area contributed by atoms with Gasteiger partial charge in [-0.1, -0.05) is 65.7 Å². The lowest BCUT2D eigenvalue weighted by atomic mass is 9.92. The van der Waals surface area contributed by atoms with Gasteiger partial charge >= 0.3 is 12.1 Å². The number of amides is 1. The van der Waals surface area contributed by atoms with Gasteiger partial charge in [0, 0.05) is 56.0 Å². The number of ether oxygens (including phenoxy) is 4. The number of rotatable bonds is 11. The Hall–Kier alpha value is -5.24. The van der Waals surface area contributed by atoms with Crippen molar-refractivity contribution < 1.29 is 41.3 Å². The van der Waals surface area contributed by atoms with Crippen LogP contribution >= 0.6 is 0 Å². The minimum Gasteiger partial charge on any atom is -0.468 e. The SMILES string of the molecule is C=C1CN2CC(=C(F)F)CC2(COc2nc(N3CC4CCC(C3)N4C(=O)OC(C)(C)C)c3cnc(-c4cc(OCOC)cc5ccc(F)c(C#C[Si](C(C)C)(C(C)C)C(C)C)c45)c(F)c3n2)C1. The summed E-state index contributed by atoms with van der Waals surface area (Å²) in [6.07, 6.45) is 1.41. The minimum absolute atomic E-state index is 0.0476. The van der Waals surface area contributed by atoms with Gasteiger partial charge in [0.1, 0.15) is 48.9 Å². The van der Waals surface area contributed by atoms with E-state index in [0.717, 1.165) is 18.4 Å². The molecule has 2 aromatic carbocycles. The average molecular weight is 943 g/mol. The van der Waals surface area contributed by atoms with Crippen molar-refractivity contribution in [2.24, 2.45) is 0 Å². The van der Waals surface area contributed by atoms with Crippen LogP contribution in [0.4, 0.5) is 28.2 Å². The Morgan fingerprint density at radius 3 is 2.28 bits per heavy atom. The Labute approximate surface area is 391 Å². The molecule has 4 aliphatic rings. The zero-order valence-electron chi connectivity index (χ0n) is 40.3. The maximum absolute atomic E-state index is 18.0. The van der Waals surface area contributed by atoms with Gasteiger partial charge in [0.05, 0.1) is 28.6 Å². The predicted molar refractivity (Wildman–Crippen MR) is 255 cm³/mol. The van der Waals surface area contributed by atoms with Crippen LogP contribution in [-0.2, 0) is 9.47 Å². The van der Waals surface area contributed by atoms with Gasteiger partial charge in [-0.3, -0.25) is 14.8 Å². The topological polar surface area (TPSA) is 102 Å². The molecule has 2 aromatic heterocycles. The summed E-state index contributed by atoms with van der Waals surface area (Å²) in [4.78, 5) is 33.6. The first-order chi connectivity index (χ1) is 31.7. The largest absolute Gasteiger partial charge is 0.468 e. The number of carbonyl (C=O) groups excluding carboxylic acids is 1. The van der Waals surface area contributed by atoms with E-state index in [-0.39, 0.29) is 95.1 Å². The fourth-order valence-electron chi connectivity index (χ4n) is 11.4. The number of piperazine rings is 1. The Morgan fingerprint density at radius 1 is 0.970 bits per heavy atom. The third-order valence-corrected chi connectivity index (χ3v) is 20.6. The molecule has 1 amide bonds. The Kier molecular flexibility index (Phi) is 13.2. The summed E-state index contributed by atoms with van der Waals surface area (Å²) in [5, 5.41) is 1.22. The highest BCUT2D eigenvalue weighted by Gasteiger charge is 2.50. The van der Waals surface area contributed by atoms with Gasteiger partial charge in [-0.2, -0.15) is 18.7 Å². The number of pyridine rings is 1. The molecule has 2 bridgehead atoms. The van der Waals surface area contributed by atoms with Gasteiger partial charge in [-0.15, -0.1) is 5.54 Å². The molecule has 358 valence electrons. The second kappa shape index (κ2) is 18.3. The molecule has 0 radical (unpaired) electrons. The highest BCUT2D eigenvalue weighted by atomic mass is 28.3. The zero-order valence-corrected chi connectivity index (χ0v) is 41.3. The van der Waals surface area contributed by atoms with Crippen molar-refractivity contribution in [3.63, 3.8) is 0 Å². The molecule has 3 atom stereocenters. The van der Waals surface area contributed by atoms with Crippen LogP contribution in [0.3, 0.4) is 0 Å². The Morgan fingerprint density at radius 2 is 1.66 bits per heavy atom. The summed E-state index contributed by atoms with van der Waals surface area (Å²) < 4.78 is 85.8. The third-order valence-electron chi connectivity index (χ3n) is 14.3. The number of hydrogen-bond donors (Lipinski definition) is 0. The number of carbonyl (C=O) groups is 1. The molecule has 4 saturated heterocycles. The van der Waals surface area contributed by atoms with E-state index in [9.17, 15) is 13.6 Å². The first-order valence-corrected chi connectivity index (χ1v) is 25.5. The molecule has 0 saturated carbocycles. The highest BCUT2D eigenvalue weighted by Crippen LogP contribution is 2.46.